The summed E-state index contributed by atoms with van der Waals surface area (Å²) >= 11 is 1.52. The number of carbonyl (C=O) groups excluding carboxylic acids is 2. The molecule has 0 spiro atoms. The Labute approximate surface area is 155 Å². The molecule has 1 aromatic heterocycles. The fraction of sp³-hybridized carbons (Fsp3) is 0.333. The monoisotopic (exact) mass is 369 g/mol. The first-order valence-corrected chi connectivity index (χ1v) is 9.40. The average molecular weight is 369 g/mol. The van der Waals surface area contributed by atoms with Crippen molar-refractivity contribution in [3.63, 3.8) is 0 Å². The zero-order chi connectivity index (χ0) is 17.9. The minimum atomic E-state index is -0.294. The number of hydrogen-bond donors (Lipinski definition) is 2. The second kappa shape index (κ2) is 7.35. The zero-order valence-electron chi connectivity index (χ0n) is 14.2. The van der Waals surface area contributed by atoms with Gasteiger partial charge in [-0.2, -0.15) is 5.10 Å². The van der Waals surface area contributed by atoms with E-state index < -0.39 is 0 Å². The van der Waals surface area contributed by atoms with E-state index in [9.17, 15) is 9.59 Å². The number of aromatic nitrogens is 1. The molecule has 2 amide bonds. The summed E-state index contributed by atoms with van der Waals surface area (Å²) in [5.74, 6) is -0.456. The molecule has 7 nitrogen and oxygen atoms in total. The highest BCUT2D eigenvalue weighted by atomic mass is 32.1. The first-order valence-electron chi connectivity index (χ1n) is 8.59. The van der Waals surface area contributed by atoms with Crippen molar-refractivity contribution < 1.29 is 9.59 Å². The third-order valence-corrected chi connectivity index (χ3v) is 5.44. The maximum Gasteiger partial charge on any atom is 0.273 e. The molecule has 2 aliphatic rings. The van der Waals surface area contributed by atoms with Gasteiger partial charge in [0.1, 0.15) is 5.71 Å². The lowest BCUT2D eigenvalue weighted by Gasteiger charge is -2.25. The van der Waals surface area contributed by atoms with Crippen LogP contribution in [0.1, 0.15) is 29.0 Å². The largest absolute Gasteiger partial charge is 0.297 e. The molecule has 2 N–H and O–H groups in total. The molecule has 8 heteroatoms. The molecule has 0 radical (unpaired) electrons. The maximum atomic E-state index is 12.3. The third-order valence-electron chi connectivity index (χ3n) is 4.45. The standard InChI is InChI=1S/C18H19N5O2S/c24-16-7-6-14(21-22-16)17(25)20-18-19-13-8-9-23(11-15(13)26-18)10-12-4-2-1-3-5-12/h1-5H,6-11H2,(H,22,24)(H,19,20,25). The number of nitrogens with zero attached hydrogens (tertiary/aromatic N) is 3. The first-order chi connectivity index (χ1) is 12.7. The van der Waals surface area contributed by atoms with E-state index in [2.05, 4.69) is 50.0 Å². The van der Waals surface area contributed by atoms with Crippen molar-refractivity contribution in [3.8, 4) is 0 Å². The summed E-state index contributed by atoms with van der Waals surface area (Å²) < 4.78 is 0. The van der Waals surface area contributed by atoms with Gasteiger partial charge in [-0.3, -0.25) is 19.8 Å². The number of amides is 2. The van der Waals surface area contributed by atoms with E-state index in [0.717, 1.165) is 31.7 Å². The van der Waals surface area contributed by atoms with E-state index in [1.807, 2.05) is 6.07 Å². The smallest absolute Gasteiger partial charge is 0.273 e. The Bertz CT molecular complexity index is 862. The highest BCUT2D eigenvalue weighted by molar-refractivity contribution is 7.16. The molecule has 134 valence electrons. The number of nitrogens with one attached hydrogen (secondary N) is 2. The molecule has 0 fully saturated rings. The topological polar surface area (TPSA) is 86.7 Å². The summed E-state index contributed by atoms with van der Waals surface area (Å²) in [6.07, 6.45) is 1.52. The van der Waals surface area contributed by atoms with Crippen LogP contribution in [0.25, 0.3) is 0 Å². The number of benzene rings is 1. The van der Waals surface area contributed by atoms with Crippen molar-refractivity contribution >= 4 is 34.0 Å². The molecule has 0 saturated heterocycles. The molecule has 0 aliphatic carbocycles. The second-order valence-electron chi connectivity index (χ2n) is 6.38. The number of hydrogen-bond acceptors (Lipinski definition) is 6. The minimum absolute atomic E-state index is 0.162. The Hall–Kier alpha value is -2.58. The average Bonchev–Trinajstić information content (AvgIpc) is 3.04. The molecular formula is C18H19N5O2S. The fourth-order valence-corrected chi connectivity index (χ4v) is 4.13. The van der Waals surface area contributed by atoms with Gasteiger partial charge in [-0.05, 0) is 5.56 Å². The van der Waals surface area contributed by atoms with Gasteiger partial charge in [0.2, 0.25) is 5.91 Å². The van der Waals surface area contributed by atoms with Crippen molar-refractivity contribution in [3.05, 3.63) is 46.5 Å². The number of hydrazone groups is 1. The Balaban J connectivity index is 1.40. The number of fused-ring (bicyclic) bond motifs is 1. The minimum Gasteiger partial charge on any atom is -0.297 e. The molecule has 0 atom stereocenters. The third kappa shape index (κ3) is 3.81. The predicted octanol–water partition coefficient (Wildman–Crippen LogP) is 1.91. The molecule has 2 aromatic rings. The van der Waals surface area contributed by atoms with Crippen LogP contribution in [0.4, 0.5) is 5.13 Å². The summed E-state index contributed by atoms with van der Waals surface area (Å²) in [7, 11) is 0. The van der Waals surface area contributed by atoms with Gasteiger partial charge in [-0.25, -0.2) is 10.4 Å². The second-order valence-corrected chi connectivity index (χ2v) is 7.47. The van der Waals surface area contributed by atoms with E-state index in [1.54, 1.807) is 0 Å². The van der Waals surface area contributed by atoms with Crippen LogP contribution in [0, 0.1) is 0 Å². The fourth-order valence-electron chi connectivity index (χ4n) is 3.09. The highest BCUT2D eigenvalue weighted by Crippen LogP contribution is 2.29. The molecular weight excluding hydrogens is 350 g/mol. The summed E-state index contributed by atoms with van der Waals surface area (Å²) in [6, 6.07) is 10.4. The van der Waals surface area contributed by atoms with Crippen LogP contribution >= 0.6 is 11.3 Å². The van der Waals surface area contributed by atoms with Crippen molar-refractivity contribution in [2.75, 3.05) is 11.9 Å². The lowest BCUT2D eigenvalue weighted by Crippen LogP contribution is -2.32. The highest BCUT2D eigenvalue weighted by Gasteiger charge is 2.23. The van der Waals surface area contributed by atoms with E-state index >= 15 is 0 Å². The summed E-state index contributed by atoms with van der Waals surface area (Å²) in [4.78, 5) is 31.5. The van der Waals surface area contributed by atoms with Crippen LogP contribution in [0.2, 0.25) is 0 Å². The molecule has 26 heavy (non-hydrogen) atoms. The lowest BCUT2D eigenvalue weighted by molar-refractivity contribution is -0.121. The summed E-state index contributed by atoms with van der Waals surface area (Å²) in [6.45, 7) is 2.71. The molecule has 0 bridgehead atoms. The van der Waals surface area contributed by atoms with E-state index in [4.69, 9.17) is 0 Å². The van der Waals surface area contributed by atoms with Crippen LogP contribution in [0.5, 0.6) is 0 Å². The van der Waals surface area contributed by atoms with Crippen molar-refractivity contribution in [1.29, 1.82) is 0 Å². The van der Waals surface area contributed by atoms with E-state index in [-0.39, 0.29) is 18.2 Å². The van der Waals surface area contributed by atoms with E-state index in [1.165, 1.54) is 21.8 Å². The number of carbonyl (C=O) groups is 2. The normalized spacial score (nSPS) is 17.2. The van der Waals surface area contributed by atoms with Crippen molar-refractivity contribution in [1.82, 2.24) is 15.3 Å². The Morgan fingerprint density at radius 1 is 1.23 bits per heavy atom. The van der Waals surface area contributed by atoms with Crippen molar-refractivity contribution in [2.45, 2.75) is 32.4 Å². The first kappa shape index (κ1) is 16.9. The lowest BCUT2D eigenvalue weighted by atomic mass is 10.1. The Kier molecular flexibility index (Phi) is 4.77. The molecule has 3 heterocycles. The van der Waals surface area contributed by atoms with Gasteiger partial charge >= 0.3 is 0 Å². The van der Waals surface area contributed by atoms with Crippen LogP contribution in [-0.4, -0.2) is 34.0 Å². The van der Waals surface area contributed by atoms with Gasteiger partial charge in [0.15, 0.2) is 5.13 Å². The molecule has 0 unspecified atom stereocenters. The maximum absolute atomic E-state index is 12.3. The molecule has 4 rings (SSSR count). The Morgan fingerprint density at radius 2 is 2.08 bits per heavy atom. The van der Waals surface area contributed by atoms with Gasteiger partial charge in [-0.1, -0.05) is 30.3 Å². The van der Waals surface area contributed by atoms with Crippen LogP contribution in [0.15, 0.2) is 35.4 Å². The van der Waals surface area contributed by atoms with Crippen LogP contribution in [-0.2, 0) is 29.1 Å². The number of anilines is 1. The van der Waals surface area contributed by atoms with Gasteiger partial charge in [0.05, 0.1) is 5.69 Å². The summed E-state index contributed by atoms with van der Waals surface area (Å²) in [5.41, 5.74) is 5.04. The van der Waals surface area contributed by atoms with Crippen LogP contribution in [0.3, 0.4) is 0 Å². The van der Waals surface area contributed by atoms with Crippen molar-refractivity contribution in [2.24, 2.45) is 5.10 Å². The Morgan fingerprint density at radius 3 is 2.85 bits per heavy atom. The number of thiazole rings is 1. The number of rotatable bonds is 4. The van der Waals surface area contributed by atoms with E-state index in [0.29, 0.717) is 17.3 Å². The quantitative estimate of drug-likeness (QED) is 0.862. The molecule has 2 aliphatic heterocycles. The summed E-state index contributed by atoms with van der Waals surface area (Å²) in [5, 5.41) is 7.24. The van der Waals surface area contributed by atoms with Gasteiger partial charge in [-0.15, -0.1) is 11.3 Å². The molecule has 0 saturated carbocycles. The SMILES string of the molecule is O=C1CCC(C(=O)Nc2nc3c(s2)CN(Cc2ccccc2)CC3)=NN1. The van der Waals surface area contributed by atoms with Gasteiger partial charge in [0.25, 0.3) is 5.91 Å². The molecule has 1 aromatic carbocycles. The zero-order valence-corrected chi connectivity index (χ0v) is 15.0. The predicted molar refractivity (Wildman–Crippen MR) is 99.8 cm³/mol. The van der Waals surface area contributed by atoms with Crippen LogP contribution < -0.4 is 10.7 Å². The van der Waals surface area contributed by atoms with Gasteiger partial charge in [0, 0.05) is 43.8 Å². The van der Waals surface area contributed by atoms with Gasteiger partial charge < -0.3 is 0 Å².